The van der Waals surface area contributed by atoms with Gasteiger partial charge in [0.15, 0.2) is 5.82 Å². The molecule has 0 radical (unpaired) electrons. The summed E-state index contributed by atoms with van der Waals surface area (Å²) in [6.07, 6.45) is 0.341. The van der Waals surface area contributed by atoms with Gasteiger partial charge in [0.05, 0.1) is 18.7 Å². The second-order valence-corrected chi connectivity index (χ2v) is 4.78. The van der Waals surface area contributed by atoms with Crippen molar-refractivity contribution in [3.05, 3.63) is 72.1 Å². The van der Waals surface area contributed by atoms with Crippen LogP contribution in [0, 0.1) is 0 Å². The molecule has 22 heavy (non-hydrogen) atoms. The summed E-state index contributed by atoms with van der Waals surface area (Å²) < 4.78 is 1.61. The lowest BCUT2D eigenvalue weighted by Crippen LogP contribution is -2.26. The third-order valence-electron chi connectivity index (χ3n) is 3.19. The van der Waals surface area contributed by atoms with Gasteiger partial charge >= 0.3 is 0 Å². The first kappa shape index (κ1) is 13.9. The molecule has 6 heteroatoms. The predicted octanol–water partition coefficient (Wildman–Crippen LogP) is 1.52. The van der Waals surface area contributed by atoms with Gasteiger partial charge in [-0.2, -0.15) is 4.68 Å². The maximum atomic E-state index is 12.0. The molecule has 0 aliphatic carbocycles. The van der Waals surface area contributed by atoms with Gasteiger partial charge in [0, 0.05) is 0 Å². The Bertz CT molecular complexity index is 739. The van der Waals surface area contributed by atoms with Crippen LogP contribution in [0.25, 0.3) is 5.69 Å². The lowest BCUT2D eigenvalue weighted by molar-refractivity contribution is -0.120. The van der Waals surface area contributed by atoms with E-state index in [9.17, 15) is 4.79 Å². The molecule has 110 valence electrons. The van der Waals surface area contributed by atoms with E-state index in [1.54, 1.807) is 4.68 Å². The van der Waals surface area contributed by atoms with E-state index in [1.165, 1.54) is 0 Å². The molecule has 0 unspecified atom stereocenters. The normalized spacial score (nSPS) is 10.4. The van der Waals surface area contributed by atoms with E-state index in [0.29, 0.717) is 12.2 Å². The van der Waals surface area contributed by atoms with Gasteiger partial charge in [0.25, 0.3) is 0 Å². The molecule has 1 amide bonds. The number of amides is 1. The summed E-state index contributed by atoms with van der Waals surface area (Å²) in [5, 5.41) is 14.4. The number of nitrogens with zero attached hydrogens (tertiary/aromatic N) is 4. The first-order valence-corrected chi connectivity index (χ1v) is 6.96. The van der Waals surface area contributed by atoms with Crippen LogP contribution < -0.4 is 5.32 Å². The van der Waals surface area contributed by atoms with Gasteiger partial charge < -0.3 is 5.32 Å². The minimum Gasteiger partial charge on any atom is -0.348 e. The third kappa shape index (κ3) is 3.35. The Hall–Kier alpha value is -3.02. The van der Waals surface area contributed by atoms with Crippen LogP contribution in [-0.2, 0) is 17.8 Å². The fourth-order valence-electron chi connectivity index (χ4n) is 2.11. The number of rotatable bonds is 5. The number of benzene rings is 2. The van der Waals surface area contributed by atoms with Crippen molar-refractivity contribution in [2.75, 3.05) is 0 Å². The predicted molar refractivity (Wildman–Crippen MR) is 81.1 cm³/mol. The molecule has 2 aromatic carbocycles. The topological polar surface area (TPSA) is 72.7 Å². The van der Waals surface area contributed by atoms with Crippen molar-refractivity contribution in [1.29, 1.82) is 0 Å². The Morgan fingerprint density at radius 2 is 1.68 bits per heavy atom. The number of tetrazole rings is 1. The standard InChI is InChI=1S/C16H15N5O/c22-16(11-13-7-3-1-4-8-13)17-12-15-18-19-20-21(15)14-9-5-2-6-10-14/h1-10H,11-12H2,(H,17,22). The molecule has 0 spiro atoms. The fourth-order valence-corrected chi connectivity index (χ4v) is 2.11. The number of nitrogens with one attached hydrogen (secondary N) is 1. The van der Waals surface area contributed by atoms with Crippen molar-refractivity contribution in [1.82, 2.24) is 25.5 Å². The molecule has 0 saturated heterocycles. The van der Waals surface area contributed by atoms with Crippen LogP contribution in [0.5, 0.6) is 0 Å². The maximum absolute atomic E-state index is 12.0. The second kappa shape index (κ2) is 6.62. The molecule has 0 aliphatic rings. The van der Waals surface area contributed by atoms with Crippen LogP contribution in [0.15, 0.2) is 60.7 Å². The smallest absolute Gasteiger partial charge is 0.224 e. The molecular formula is C16H15N5O. The van der Waals surface area contributed by atoms with E-state index in [-0.39, 0.29) is 12.5 Å². The summed E-state index contributed by atoms with van der Waals surface area (Å²) in [5.74, 6) is 0.529. The van der Waals surface area contributed by atoms with Crippen LogP contribution in [0.2, 0.25) is 0 Å². The van der Waals surface area contributed by atoms with Crippen molar-refractivity contribution >= 4 is 5.91 Å². The highest BCUT2D eigenvalue weighted by molar-refractivity contribution is 5.78. The SMILES string of the molecule is O=C(Cc1ccccc1)NCc1nnnn1-c1ccccc1. The largest absolute Gasteiger partial charge is 0.348 e. The number of para-hydroxylation sites is 1. The van der Waals surface area contributed by atoms with E-state index in [0.717, 1.165) is 11.3 Å². The summed E-state index contributed by atoms with van der Waals surface area (Å²) in [6, 6.07) is 19.2. The van der Waals surface area contributed by atoms with Gasteiger partial charge in [-0.1, -0.05) is 48.5 Å². The summed E-state index contributed by atoms with van der Waals surface area (Å²) in [7, 11) is 0. The molecule has 3 rings (SSSR count). The third-order valence-corrected chi connectivity index (χ3v) is 3.19. The van der Waals surface area contributed by atoms with Crippen molar-refractivity contribution in [3.8, 4) is 5.69 Å². The fraction of sp³-hybridized carbons (Fsp3) is 0.125. The van der Waals surface area contributed by atoms with Crippen molar-refractivity contribution in [2.45, 2.75) is 13.0 Å². The summed E-state index contributed by atoms with van der Waals surface area (Å²) in [5.41, 5.74) is 1.84. The zero-order chi connectivity index (χ0) is 15.2. The molecule has 1 heterocycles. The number of carbonyl (C=O) groups is 1. The number of aromatic nitrogens is 4. The first-order chi connectivity index (χ1) is 10.8. The quantitative estimate of drug-likeness (QED) is 0.774. The minimum atomic E-state index is -0.0613. The number of hydrogen-bond acceptors (Lipinski definition) is 4. The van der Waals surface area contributed by atoms with Crippen molar-refractivity contribution in [3.63, 3.8) is 0 Å². The molecule has 0 aliphatic heterocycles. The zero-order valence-corrected chi connectivity index (χ0v) is 11.9. The minimum absolute atomic E-state index is 0.0613. The van der Waals surface area contributed by atoms with Gasteiger partial charge in [-0.3, -0.25) is 4.79 Å². The molecule has 0 fully saturated rings. The van der Waals surface area contributed by atoms with Crippen LogP contribution >= 0.6 is 0 Å². The molecule has 6 nitrogen and oxygen atoms in total. The van der Waals surface area contributed by atoms with Gasteiger partial charge in [0.2, 0.25) is 5.91 Å². The van der Waals surface area contributed by atoms with E-state index >= 15 is 0 Å². The average Bonchev–Trinajstić information content (AvgIpc) is 3.03. The first-order valence-electron chi connectivity index (χ1n) is 6.96. The molecule has 1 aromatic heterocycles. The van der Waals surface area contributed by atoms with Crippen LogP contribution in [0.3, 0.4) is 0 Å². The van der Waals surface area contributed by atoms with Crippen LogP contribution in [0.1, 0.15) is 11.4 Å². The summed E-state index contributed by atoms with van der Waals surface area (Å²) in [4.78, 5) is 12.0. The molecular weight excluding hydrogens is 278 g/mol. The van der Waals surface area contributed by atoms with Gasteiger partial charge in [-0.05, 0) is 28.1 Å². The van der Waals surface area contributed by atoms with E-state index < -0.39 is 0 Å². The zero-order valence-electron chi connectivity index (χ0n) is 11.9. The Kier molecular flexibility index (Phi) is 4.20. The van der Waals surface area contributed by atoms with Gasteiger partial charge in [-0.15, -0.1) is 5.10 Å². The van der Waals surface area contributed by atoms with Crippen LogP contribution in [0.4, 0.5) is 0 Å². The van der Waals surface area contributed by atoms with Gasteiger partial charge in [0.1, 0.15) is 0 Å². The highest BCUT2D eigenvalue weighted by atomic mass is 16.1. The van der Waals surface area contributed by atoms with Gasteiger partial charge in [-0.25, -0.2) is 0 Å². The summed E-state index contributed by atoms with van der Waals surface area (Å²) in [6.45, 7) is 0.285. The lowest BCUT2D eigenvalue weighted by atomic mass is 10.1. The van der Waals surface area contributed by atoms with Crippen LogP contribution in [-0.4, -0.2) is 26.1 Å². The highest BCUT2D eigenvalue weighted by Crippen LogP contribution is 2.06. The Morgan fingerprint density at radius 1 is 1.00 bits per heavy atom. The Labute approximate surface area is 127 Å². The second-order valence-electron chi connectivity index (χ2n) is 4.78. The highest BCUT2D eigenvalue weighted by Gasteiger charge is 2.09. The Morgan fingerprint density at radius 3 is 2.41 bits per heavy atom. The number of carbonyl (C=O) groups excluding carboxylic acids is 1. The van der Waals surface area contributed by atoms with E-state index in [2.05, 4.69) is 20.8 Å². The molecule has 0 bridgehead atoms. The average molecular weight is 293 g/mol. The molecule has 1 N–H and O–H groups in total. The number of hydrogen-bond donors (Lipinski definition) is 1. The lowest BCUT2D eigenvalue weighted by Gasteiger charge is -2.06. The monoisotopic (exact) mass is 293 g/mol. The Balaban J connectivity index is 1.63. The summed E-state index contributed by atoms with van der Waals surface area (Å²) >= 11 is 0. The van der Waals surface area contributed by atoms with E-state index in [1.807, 2.05) is 60.7 Å². The molecule has 0 saturated carbocycles. The van der Waals surface area contributed by atoms with Crippen molar-refractivity contribution in [2.24, 2.45) is 0 Å². The molecule has 3 aromatic rings. The maximum Gasteiger partial charge on any atom is 0.224 e. The molecule has 0 atom stereocenters. The van der Waals surface area contributed by atoms with E-state index in [4.69, 9.17) is 0 Å². The van der Waals surface area contributed by atoms with Crippen molar-refractivity contribution < 1.29 is 4.79 Å².